The summed E-state index contributed by atoms with van der Waals surface area (Å²) in [7, 11) is 0. The Morgan fingerprint density at radius 3 is 2.94 bits per heavy atom. The fourth-order valence-electron chi connectivity index (χ4n) is 2.24. The van der Waals surface area contributed by atoms with Gasteiger partial charge in [-0.15, -0.1) is 11.3 Å². The van der Waals surface area contributed by atoms with E-state index in [0.29, 0.717) is 0 Å². The van der Waals surface area contributed by atoms with Gasteiger partial charge in [-0.05, 0) is 34.5 Å². The first kappa shape index (κ1) is 10.3. The first-order valence-electron chi connectivity index (χ1n) is 5.81. The fraction of sp³-hybridized carbons (Fsp3) is 0.385. The molecule has 1 aromatic heterocycles. The summed E-state index contributed by atoms with van der Waals surface area (Å²) in [6, 6.07) is 9.05. The Balaban J connectivity index is 1.77. The molecular formula is C13H16N2S. The molecular weight excluding hydrogens is 216 g/mol. The molecule has 1 aliphatic heterocycles. The number of nitrogens with one attached hydrogen (secondary N) is 1. The van der Waals surface area contributed by atoms with Crippen LogP contribution < -0.4 is 5.32 Å². The van der Waals surface area contributed by atoms with Gasteiger partial charge in [0.1, 0.15) is 0 Å². The van der Waals surface area contributed by atoms with Gasteiger partial charge in [0.15, 0.2) is 0 Å². The molecule has 0 spiro atoms. The van der Waals surface area contributed by atoms with E-state index in [1.165, 1.54) is 28.7 Å². The van der Waals surface area contributed by atoms with Gasteiger partial charge in [0.2, 0.25) is 0 Å². The Labute approximate surface area is 99.9 Å². The molecule has 0 unspecified atom stereocenters. The Kier molecular flexibility index (Phi) is 2.91. The summed E-state index contributed by atoms with van der Waals surface area (Å²) in [4.78, 5) is 2.52. The lowest BCUT2D eigenvalue weighted by molar-refractivity contribution is 0.233. The van der Waals surface area contributed by atoms with Crippen LogP contribution in [0.2, 0.25) is 0 Å². The van der Waals surface area contributed by atoms with Crippen LogP contribution in [0.25, 0.3) is 10.1 Å². The fourth-order valence-corrected chi connectivity index (χ4v) is 3.01. The summed E-state index contributed by atoms with van der Waals surface area (Å²) >= 11 is 1.82. The van der Waals surface area contributed by atoms with Crippen molar-refractivity contribution in [3.05, 3.63) is 35.2 Å². The standard InChI is InChI=1S/C13H16N2S/c1-2-13-12(3-8-16-13)9-11(1)10-15-6-4-14-5-7-15/h1-3,8-9,14H,4-7,10H2. The van der Waals surface area contributed by atoms with Crippen LogP contribution in [0.4, 0.5) is 0 Å². The van der Waals surface area contributed by atoms with E-state index in [0.717, 1.165) is 19.6 Å². The highest BCUT2D eigenvalue weighted by atomic mass is 32.1. The highest BCUT2D eigenvalue weighted by molar-refractivity contribution is 7.17. The first-order chi connectivity index (χ1) is 7.92. The van der Waals surface area contributed by atoms with Crippen LogP contribution >= 0.6 is 11.3 Å². The lowest BCUT2D eigenvalue weighted by Gasteiger charge is -2.27. The molecule has 0 atom stereocenters. The van der Waals surface area contributed by atoms with Crippen LogP contribution in [0.5, 0.6) is 0 Å². The number of hydrogen-bond donors (Lipinski definition) is 1. The molecule has 2 heterocycles. The summed E-state index contributed by atoms with van der Waals surface area (Å²) in [6.45, 7) is 5.68. The van der Waals surface area contributed by atoms with Gasteiger partial charge in [0.05, 0.1) is 0 Å². The van der Waals surface area contributed by atoms with Crippen molar-refractivity contribution in [2.24, 2.45) is 0 Å². The number of benzene rings is 1. The third-order valence-corrected chi connectivity index (χ3v) is 4.03. The van der Waals surface area contributed by atoms with Crippen molar-refractivity contribution in [2.45, 2.75) is 6.54 Å². The maximum Gasteiger partial charge on any atom is 0.0342 e. The van der Waals surface area contributed by atoms with Crippen LogP contribution in [-0.4, -0.2) is 31.1 Å². The predicted molar refractivity (Wildman–Crippen MR) is 70.0 cm³/mol. The van der Waals surface area contributed by atoms with Crippen LogP contribution in [0, 0.1) is 0 Å². The number of piperazine rings is 1. The van der Waals surface area contributed by atoms with E-state index in [9.17, 15) is 0 Å². The van der Waals surface area contributed by atoms with Crippen molar-refractivity contribution < 1.29 is 0 Å². The third kappa shape index (κ3) is 2.12. The highest BCUT2D eigenvalue weighted by Gasteiger charge is 2.09. The average Bonchev–Trinajstić information content (AvgIpc) is 2.77. The summed E-state index contributed by atoms with van der Waals surface area (Å²) in [5, 5.41) is 6.94. The third-order valence-electron chi connectivity index (χ3n) is 3.13. The molecule has 1 aromatic carbocycles. The number of rotatable bonds is 2. The van der Waals surface area contributed by atoms with Gasteiger partial charge in [0, 0.05) is 37.4 Å². The van der Waals surface area contributed by atoms with E-state index in [-0.39, 0.29) is 0 Å². The molecule has 2 nitrogen and oxygen atoms in total. The van der Waals surface area contributed by atoms with E-state index in [1.54, 1.807) is 0 Å². The minimum Gasteiger partial charge on any atom is -0.314 e. The summed E-state index contributed by atoms with van der Waals surface area (Å²) < 4.78 is 1.39. The SMILES string of the molecule is c1cc2cc(CN3CCNCC3)ccc2s1. The second-order valence-electron chi connectivity index (χ2n) is 4.32. The minimum absolute atomic E-state index is 1.09. The molecule has 1 saturated heterocycles. The number of fused-ring (bicyclic) bond motifs is 1. The molecule has 0 radical (unpaired) electrons. The van der Waals surface area contributed by atoms with E-state index in [4.69, 9.17) is 0 Å². The zero-order valence-electron chi connectivity index (χ0n) is 9.28. The second kappa shape index (κ2) is 4.53. The van der Waals surface area contributed by atoms with Crippen LogP contribution in [0.1, 0.15) is 5.56 Å². The van der Waals surface area contributed by atoms with Gasteiger partial charge in [-0.3, -0.25) is 4.90 Å². The van der Waals surface area contributed by atoms with Crippen LogP contribution in [0.15, 0.2) is 29.6 Å². The summed E-state index contributed by atoms with van der Waals surface area (Å²) in [5.41, 5.74) is 1.44. The molecule has 0 amide bonds. The molecule has 16 heavy (non-hydrogen) atoms. The topological polar surface area (TPSA) is 15.3 Å². The monoisotopic (exact) mass is 232 g/mol. The zero-order valence-corrected chi connectivity index (χ0v) is 10.1. The lowest BCUT2D eigenvalue weighted by Crippen LogP contribution is -2.42. The molecule has 3 heteroatoms. The Morgan fingerprint density at radius 1 is 1.19 bits per heavy atom. The molecule has 3 rings (SSSR count). The second-order valence-corrected chi connectivity index (χ2v) is 5.27. The Hall–Kier alpha value is -0.900. The first-order valence-corrected chi connectivity index (χ1v) is 6.69. The van der Waals surface area contributed by atoms with Crippen molar-refractivity contribution in [1.82, 2.24) is 10.2 Å². The molecule has 2 aromatic rings. The molecule has 0 bridgehead atoms. The van der Waals surface area contributed by atoms with Crippen LogP contribution in [0.3, 0.4) is 0 Å². The van der Waals surface area contributed by atoms with Crippen molar-refractivity contribution in [3.63, 3.8) is 0 Å². The number of nitrogens with zero attached hydrogens (tertiary/aromatic N) is 1. The van der Waals surface area contributed by atoms with Crippen LogP contribution in [-0.2, 0) is 6.54 Å². The lowest BCUT2D eigenvalue weighted by atomic mass is 10.1. The van der Waals surface area contributed by atoms with Crippen molar-refractivity contribution in [2.75, 3.05) is 26.2 Å². The molecule has 0 aliphatic carbocycles. The number of thiophene rings is 1. The van der Waals surface area contributed by atoms with Crippen molar-refractivity contribution in [3.8, 4) is 0 Å². The van der Waals surface area contributed by atoms with Crippen molar-refractivity contribution >= 4 is 21.4 Å². The molecule has 0 saturated carbocycles. The van der Waals surface area contributed by atoms with E-state index in [1.807, 2.05) is 11.3 Å². The summed E-state index contributed by atoms with van der Waals surface area (Å²) in [6.07, 6.45) is 0. The van der Waals surface area contributed by atoms with Gasteiger partial charge < -0.3 is 5.32 Å². The van der Waals surface area contributed by atoms with E-state index in [2.05, 4.69) is 39.9 Å². The maximum absolute atomic E-state index is 3.39. The molecule has 84 valence electrons. The predicted octanol–water partition coefficient (Wildman–Crippen LogP) is 2.31. The highest BCUT2D eigenvalue weighted by Crippen LogP contribution is 2.22. The van der Waals surface area contributed by atoms with Crippen molar-refractivity contribution in [1.29, 1.82) is 0 Å². The smallest absolute Gasteiger partial charge is 0.0342 e. The van der Waals surface area contributed by atoms with E-state index >= 15 is 0 Å². The van der Waals surface area contributed by atoms with Gasteiger partial charge in [0.25, 0.3) is 0 Å². The summed E-state index contributed by atoms with van der Waals surface area (Å²) in [5.74, 6) is 0. The largest absolute Gasteiger partial charge is 0.314 e. The Morgan fingerprint density at radius 2 is 2.06 bits per heavy atom. The quantitative estimate of drug-likeness (QED) is 0.855. The van der Waals surface area contributed by atoms with Gasteiger partial charge in [-0.1, -0.05) is 6.07 Å². The van der Waals surface area contributed by atoms with Gasteiger partial charge in [-0.25, -0.2) is 0 Å². The Bertz CT molecular complexity index is 471. The van der Waals surface area contributed by atoms with Gasteiger partial charge >= 0.3 is 0 Å². The van der Waals surface area contributed by atoms with Gasteiger partial charge in [-0.2, -0.15) is 0 Å². The normalized spacial score (nSPS) is 18.0. The number of hydrogen-bond acceptors (Lipinski definition) is 3. The molecule has 1 fully saturated rings. The minimum atomic E-state index is 1.09. The maximum atomic E-state index is 3.39. The van der Waals surface area contributed by atoms with E-state index < -0.39 is 0 Å². The molecule has 1 N–H and O–H groups in total. The average molecular weight is 232 g/mol. The molecule has 1 aliphatic rings. The zero-order chi connectivity index (χ0) is 10.8.